The molecule has 0 aliphatic carbocycles. The molecule has 3 aromatic rings. The molecule has 2 heterocycles. The van der Waals surface area contributed by atoms with Crippen LogP contribution in [0.25, 0.3) is 11.0 Å². The number of rotatable bonds is 3. The number of hydrogen-bond donors (Lipinski definition) is 1. The van der Waals surface area contributed by atoms with Crippen LogP contribution in [0.4, 0.5) is 0 Å². The van der Waals surface area contributed by atoms with Gasteiger partial charge in [0.1, 0.15) is 5.69 Å². The molecule has 0 fully saturated rings. The highest BCUT2D eigenvalue weighted by Gasteiger charge is 2.15. The Morgan fingerprint density at radius 2 is 1.83 bits per heavy atom. The van der Waals surface area contributed by atoms with Crippen molar-refractivity contribution in [2.24, 2.45) is 0 Å². The van der Waals surface area contributed by atoms with Crippen molar-refractivity contribution in [2.75, 3.05) is 6.79 Å². The smallest absolute Gasteiger partial charge is 0.272 e. The topological polar surface area (TPSA) is 73.3 Å². The summed E-state index contributed by atoms with van der Waals surface area (Å²) in [6.07, 6.45) is 0. The predicted molar refractivity (Wildman–Crippen MR) is 88.0 cm³/mol. The van der Waals surface area contributed by atoms with Crippen molar-refractivity contribution in [1.29, 1.82) is 0 Å². The predicted octanol–water partition coefficient (Wildman–Crippen LogP) is 2.60. The molecule has 0 radical (unpaired) electrons. The zero-order valence-electron chi connectivity index (χ0n) is 13.1. The summed E-state index contributed by atoms with van der Waals surface area (Å²) >= 11 is 0. The van der Waals surface area contributed by atoms with Crippen LogP contribution in [0.1, 0.15) is 21.7 Å². The Bertz CT molecular complexity index is 940. The Balaban J connectivity index is 1.53. The molecule has 1 N–H and O–H groups in total. The monoisotopic (exact) mass is 321 g/mol. The van der Waals surface area contributed by atoms with Gasteiger partial charge in [-0.25, -0.2) is 9.97 Å². The molecule has 4 rings (SSSR count). The van der Waals surface area contributed by atoms with Gasteiger partial charge in [-0.15, -0.1) is 0 Å². The zero-order valence-corrected chi connectivity index (χ0v) is 13.1. The van der Waals surface area contributed by atoms with Gasteiger partial charge in [-0.2, -0.15) is 0 Å². The SMILES string of the molecule is Cc1nc2ccccc2nc1C(=O)NCc1ccc2c(c1)OCO2. The summed E-state index contributed by atoms with van der Waals surface area (Å²) in [5, 5.41) is 2.87. The average Bonchev–Trinajstić information content (AvgIpc) is 3.06. The molecule has 0 saturated heterocycles. The second-order valence-electron chi connectivity index (χ2n) is 5.52. The average molecular weight is 321 g/mol. The summed E-state index contributed by atoms with van der Waals surface area (Å²) in [4.78, 5) is 21.3. The molecule has 6 nitrogen and oxygen atoms in total. The van der Waals surface area contributed by atoms with Gasteiger partial charge in [0.25, 0.3) is 5.91 Å². The minimum atomic E-state index is -0.247. The van der Waals surface area contributed by atoms with Gasteiger partial charge in [0.2, 0.25) is 6.79 Å². The fraction of sp³-hybridized carbons (Fsp3) is 0.167. The maximum absolute atomic E-state index is 12.4. The van der Waals surface area contributed by atoms with Crippen molar-refractivity contribution in [3.63, 3.8) is 0 Å². The van der Waals surface area contributed by atoms with E-state index in [1.54, 1.807) is 6.92 Å². The fourth-order valence-electron chi connectivity index (χ4n) is 2.62. The van der Waals surface area contributed by atoms with Crippen molar-refractivity contribution in [3.05, 3.63) is 59.4 Å². The number of aryl methyl sites for hydroxylation is 1. The van der Waals surface area contributed by atoms with Gasteiger partial charge >= 0.3 is 0 Å². The number of fused-ring (bicyclic) bond motifs is 2. The van der Waals surface area contributed by atoms with Gasteiger partial charge in [-0.1, -0.05) is 18.2 Å². The van der Waals surface area contributed by atoms with Gasteiger partial charge in [-0.3, -0.25) is 4.79 Å². The molecule has 24 heavy (non-hydrogen) atoms. The fourth-order valence-corrected chi connectivity index (χ4v) is 2.62. The number of aromatic nitrogens is 2. The lowest BCUT2D eigenvalue weighted by molar-refractivity contribution is 0.0945. The summed E-state index contributed by atoms with van der Waals surface area (Å²) in [6, 6.07) is 13.1. The minimum absolute atomic E-state index is 0.233. The van der Waals surface area contributed by atoms with E-state index in [9.17, 15) is 4.79 Å². The van der Waals surface area contributed by atoms with Crippen molar-refractivity contribution in [3.8, 4) is 11.5 Å². The first-order valence-corrected chi connectivity index (χ1v) is 7.61. The minimum Gasteiger partial charge on any atom is -0.454 e. The van der Waals surface area contributed by atoms with E-state index in [4.69, 9.17) is 9.47 Å². The van der Waals surface area contributed by atoms with E-state index in [1.807, 2.05) is 42.5 Å². The molecule has 0 atom stereocenters. The zero-order chi connectivity index (χ0) is 16.5. The normalized spacial score (nSPS) is 12.4. The maximum Gasteiger partial charge on any atom is 0.272 e. The summed E-state index contributed by atoms with van der Waals surface area (Å²) < 4.78 is 10.6. The van der Waals surface area contributed by atoms with E-state index in [-0.39, 0.29) is 12.7 Å². The van der Waals surface area contributed by atoms with Crippen LogP contribution >= 0.6 is 0 Å². The molecule has 2 aromatic carbocycles. The summed E-state index contributed by atoms with van der Waals surface area (Å²) in [5.41, 5.74) is 3.36. The van der Waals surface area contributed by atoms with Crippen LogP contribution in [0.3, 0.4) is 0 Å². The van der Waals surface area contributed by atoms with Crippen molar-refractivity contribution in [1.82, 2.24) is 15.3 Å². The molecule has 0 bridgehead atoms. The molecule has 1 amide bonds. The van der Waals surface area contributed by atoms with E-state index in [2.05, 4.69) is 15.3 Å². The quantitative estimate of drug-likeness (QED) is 0.802. The van der Waals surface area contributed by atoms with E-state index in [1.165, 1.54) is 0 Å². The Labute approximate surface area is 138 Å². The van der Waals surface area contributed by atoms with Crippen molar-refractivity contribution >= 4 is 16.9 Å². The summed E-state index contributed by atoms with van der Waals surface area (Å²) in [6.45, 7) is 2.40. The third-order valence-electron chi connectivity index (χ3n) is 3.85. The Morgan fingerprint density at radius 3 is 2.67 bits per heavy atom. The summed E-state index contributed by atoms with van der Waals surface area (Å²) in [7, 11) is 0. The van der Waals surface area contributed by atoms with Crippen LogP contribution in [0.15, 0.2) is 42.5 Å². The first-order valence-electron chi connectivity index (χ1n) is 7.61. The largest absolute Gasteiger partial charge is 0.454 e. The third kappa shape index (κ3) is 2.62. The van der Waals surface area contributed by atoms with Crippen molar-refractivity contribution in [2.45, 2.75) is 13.5 Å². The number of amides is 1. The van der Waals surface area contributed by atoms with Crippen LogP contribution in [0, 0.1) is 6.92 Å². The van der Waals surface area contributed by atoms with E-state index >= 15 is 0 Å². The Kier molecular flexibility index (Phi) is 3.49. The van der Waals surface area contributed by atoms with Gasteiger partial charge in [0, 0.05) is 6.54 Å². The standard InChI is InChI=1S/C18H15N3O3/c1-11-17(21-14-5-3-2-4-13(14)20-11)18(22)19-9-12-6-7-15-16(8-12)24-10-23-15/h2-8H,9-10H2,1H3,(H,19,22). The molecule has 1 aromatic heterocycles. The highest BCUT2D eigenvalue weighted by atomic mass is 16.7. The summed E-state index contributed by atoms with van der Waals surface area (Å²) in [5.74, 6) is 1.17. The number of para-hydroxylation sites is 2. The number of carbonyl (C=O) groups is 1. The number of carbonyl (C=O) groups excluding carboxylic acids is 1. The van der Waals surface area contributed by atoms with Crippen LogP contribution in [-0.2, 0) is 6.54 Å². The second-order valence-corrected chi connectivity index (χ2v) is 5.52. The van der Waals surface area contributed by atoms with E-state index in [0.29, 0.717) is 29.2 Å². The molecule has 0 saturated carbocycles. The van der Waals surface area contributed by atoms with Crippen LogP contribution in [0.5, 0.6) is 11.5 Å². The lowest BCUT2D eigenvalue weighted by Gasteiger charge is -2.08. The highest BCUT2D eigenvalue weighted by molar-refractivity contribution is 5.95. The highest BCUT2D eigenvalue weighted by Crippen LogP contribution is 2.32. The molecule has 1 aliphatic heterocycles. The molecule has 120 valence electrons. The number of hydrogen-bond acceptors (Lipinski definition) is 5. The number of ether oxygens (including phenoxy) is 2. The maximum atomic E-state index is 12.4. The molecular weight excluding hydrogens is 306 g/mol. The number of benzene rings is 2. The molecular formula is C18H15N3O3. The lowest BCUT2D eigenvalue weighted by Crippen LogP contribution is -2.25. The van der Waals surface area contributed by atoms with Crippen LogP contribution < -0.4 is 14.8 Å². The van der Waals surface area contributed by atoms with Crippen molar-refractivity contribution < 1.29 is 14.3 Å². The number of nitrogens with one attached hydrogen (secondary N) is 1. The Morgan fingerprint density at radius 1 is 1.08 bits per heavy atom. The lowest BCUT2D eigenvalue weighted by atomic mass is 10.2. The number of nitrogens with zero attached hydrogens (tertiary/aromatic N) is 2. The molecule has 6 heteroatoms. The second kappa shape index (κ2) is 5.81. The van der Waals surface area contributed by atoms with Gasteiger partial charge < -0.3 is 14.8 Å². The van der Waals surface area contributed by atoms with Crippen LogP contribution in [0.2, 0.25) is 0 Å². The first-order chi connectivity index (χ1) is 11.7. The van der Waals surface area contributed by atoms with Gasteiger partial charge in [-0.05, 0) is 36.8 Å². The molecule has 1 aliphatic rings. The molecule has 0 spiro atoms. The van der Waals surface area contributed by atoms with Crippen LogP contribution in [-0.4, -0.2) is 22.7 Å². The first kappa shape index (κ1) is 14.4. The van der Waals surface area contributed by atoms with Gasteiger partial charge in [0.15, 0.2) is 11.5 Å². The Hall–Kier alpha value is -3.15. The van der Waals surface area contributed by atoms with E-state index < -0.39 is 0 Å². The third-order valence-corrected chi connectivity index (χ3v) is 3.85. The molecule has 0 unspecified atom stereocenters. The van der Waals surface area contributed by atoms with Gasteiger partial charge in [0.05, 0.1) is 16.7 Å². The van der Waals surface area contributed by atoms with E-state index in [0.717, 1.165) is 16.8 Å².